The summed E-state index contributed by atoms with van der Waals surface area (Å²) in [5.74, 6) is 1.85. The fourth-order valence-corrected chi connectivity index (χ4v) is 4.62. The van der Waals surface area contributed by atoms with Crippen molar-refractivity contribution in [2.45, 2.75) is 26.7 Å². The van der Waals surface area contributed by atoms with E-state index in [1.54, 1.807) is 0 Å². The van der Waals surface area contributed by atoms with Crippen molar-refractivity contribution in [2.24, 2.45) is 5.92 Å². The summed E-state index contributed by atoms with van der Waals surface area (Å²) >= 11 is 6.29. The predicted octanol–water partition coefficient (Wildman–Crippen LogP) is 4.22. The Morgan fingerprint density at radius 2 is 1.85 bits per heavy atom. The molecule has 1 amide bonds. The summed E-state index contributed by atoms with van der Waals surface area (Å²) in [6.45, 7) is 6.85. The Bertz CT molecular complexity index is 1300. The van der Waals surface area contributed by atoms with Crippen molar-refractivity contribution < 1.29 is 4.79 Å². The average Bonchev–Trinajstić information content (AvgIpc) is 3.07. The summed E-state index contributed by atoms with van der Waals surface area (Å²) in [6, 6.07) is 15.9. The maximum Gasteiger partial charge on any atom is 0.225 e. The third-order valence-corrected chi connectivity index (χ3v) is 6.38. The van der Waals surface area contributed by atoms with Crippen molar-refractivity contribution in [1.82, 2.24) is 24.5 Å². The number of benzene rings is 2. The monoisotopic (exact) mass is 462 g/mol. The molecule has 3 heterocycles. The summed E-state index contributed by atoms with van der Waals surface area (Å²) in [4.78, 5) is 21.8. The average molecular weight is 463 g/mol. The van der Waals surface area contributed by atoms with E-state index in [0.29, 0.717) is 24.5 Å². The van der Waals surface area contributed by atoms with Crippen LogP contribution in [0.2, 0.25) is 5.02 Å². The Morgan fingerprint density at radius 1 is 1.03 bits per heavy atom. The molecular formula is C25H27ClN6O. The first kappa shape index (κ1) is 21.6. The minimum atomic E-state index is -0.000448. The molecule has 7 nitrogen and oxygen atoms in total. The van der Waals surface area contributed by atoms with Crippen LogP contribution >= 0.6 is 11.6 Å². The van der Waals surface area contributed by atoms with Gasteiger partial charge in [-0.25, -0.2) is 9.38 Å². The molecule has 1 saturated heterocycles. The van der Waals surface area contributed by atoms with Crippen LogP contribution in [-0.4, -0.2) is 56.6 Å². The van der Waals surface area contributed by atoms with Crippen molar-refractivity contribution in [3.05, 3.63) is 64.9 Å². The van der Waals surface area contributed by atoms with Gasteiger partial charge in [-0.05, 0) is 30.2 Å². The first-order valence-electron chi connectivity index (χ1n) is 11.4. The van der Waals surface area contributed by atoms with Crippen molar-refractivity contribution in [1.29, 1.82) is 0 Å². The largest absolute Gasteiger partial charge is 0.341 e. The van der Waals surface area contributed by atoms with Crippen LogP contribution in [0.15, 0.2) is 48.5 Å². The highest BCUT2D eigenvalue weighted by atomic mass is 35.5. The van der Waals surface area contributed by atoms with Crippen LogP contribution in [0.3, 0.4) is 0 Å². The molecule has 170 valence electrons. The molecule has 0 unspecified atom stereocenters. The lowest BCUT2D eigenvalue weighted by Crippen LogP contribution is -2.38. The van der Waals surface area contributed by atoms with E-state index < -0.39 is 0 Å². The highest BCUT2D eigenvalue weighted by Crippen LogP contribution is 2.28. The zero-order valence-electron chi connectivity index (χ0n) is 18.9. The van der Waals surface area contributed by atoms with E-state index in [1.165, 1.54) is 5.56 Å². The number of fused-ring (bicyclic) bond motifs is 3. The fraction of sp³-hybridized carbons (Fsp3) is 0.360. The SMILES string of the molecule is CC(C)C(=O)N1CCCN(c2nc3cc(Cl)ccc3c3nnc(Cc4ccccc4)n23)CC1. The second-order valence-electron chi connectivity index (χ2n) is 8.83. The molecule has 33 heavy (non-hydrogen) atoms. The first-order valence-corrected chi connectivity index (χ1v) is 11.8. The number of halogens is 1. The van der Waals surface area contributed by atoms with E-state index in [2.05, 4.69) is 31.6 Å². The molecule has 2 aromatic carbocycles. The third-order valence-electron chi connectivity index (χ3n) is 6.14. The van der Waals surface area contributed by atoms with Gasteiger partial charge in [-0.1, -0.05) is 55.8 Å². The number of carbonyl (C=O) groups is 1. The minimum Gasteiger partial charge on any atom is -0.341 e. The molecule has 0 saturated carbocycles. The highest BCUT2D eigenvalue weighted by Gasteiger charge is 2.25. The molecule has 0 aliphatic carbocycles. The summed E-state index contributed by atoms with van der Waals surface area (Å²) in [6.07, 6.45) is 1.53. The van der Waals surface area contributed by atoms with E-state index in [-0.39, 0.29) is 11.8 Å². The number of aromatic nitrogens is 4. The lowest BCUT2D eigenvalue weighted by Gasteiger charge is -2.25. The first-order chi connectivity index (χ1) is 16.0. The van der Waals surface area contributed by atoms with Crippen LogP contribution in [0, 0.1) is 5.92 Å². The van der Waals surface area contributed by atoms with E-state index in [1.807, 2.05) is 55.1 Å². The van der Waals surface area contributed by atoms with Gasteiger partial charge in [0.1, 0.15) is 5.82 Å². The molecule has 8 heteroatoms. The van der Waals surface area contributed by atoms with E-state index in [0.717, 1.165) is 47.8 Å². The zero-order chi connectivity index (χ0) is 22.9. The summed E-state index contributed by atoms with van der Waals surface area (Å²) < 4.78 is 2.07. The number of hydrogen-bond acceptors (Lipinski definition) is 5. The van der Waals surface area contributed by atoms with Gasteiger partial charge in [-0.2, -0.15) is 0 Å². The van der Waals surface area contributed by atoms with Crippen molar-refractivity contribution in [2.75, 3.05) is 31.1 Å². The van der Waals surface area contributed by atoms with Gasteiger partial charge >= 0.3 is 0 Å². The number of hydrogen-bond donors (Lipinski definition) is 0. The molecule has 1 aliphatic heterocycles. The van der Waals surface area contributed by atoms with Crippen LogP contribution in [0.25, 0.3) is 16.6 Å². The van der Waals surface area contributed by atoms with E-state index in [9.17, 15) is 4.79 Å². The molecule has 0 radical (unpaired) electrons. The number of carbonyl (C=O) groups excluding carboxylic acids is 1. The normalized spacial score (nSPS) is 14.9. The fourth-order valence-electron chi connectivity index (χ4n) is 4.45. The van der Waals surface area contributed by atoms with Crippen LogP contribution in [-0.2, 0) is 11.2 Å². The molecule has 2 aromatic heterocycles. The second-order valence-corrected chi connectivity index (χ2v) is 9.27. The molecule has 4 aromatic rings. The third kappa shape index (κ3) is 4.25. The van der Waals surface area contributed by atoms with Crippen molar-refractivity contribution in [3.8, 4) is 0 Å². The lowest BCUT2D eigenvalue weighted by atomic mass is 10.1. The molecule has 0 spiro atoms. The predicted molar refractivity (Wildman–Crippen MR) is 131 cm³/mol. The van der Waals surface area contributed by atoms with Gasteiger partial charge in [0.2, 0.25) is 11.9 Å². The Morgan fingerprint density at radius 3 is 2.64 bits per heavy atom. The van der Waals surface area contributed by atoms with Crippen LogP contribution in [0.5, 0.6) is 0 Å². The van der Waals surface area contributed by atoms with Gasteiger partial charge in [-0.3, -0.25) is 4.79 Å². The Kier molecular flexibility index (Phi) is 5.89. The smallest absolute Gasteiger partial charge is 0.225 e. The minimum absolute atomic E-state index is 0.000448. The van der Waals surface area contributed by atoms with E-state index in [4.69, 9.17) is 16.6 Å². The Balaban J connectivity index is 1.60. The lowest BCUT2D eigenvalue weighted by molar-refractivity contribution is -0.134. The standard InChI is InChI=1S/C25H27ClN6O/c1-17(2)24(33)30-11-6-12-31(14-13-30)25-27-21-16-19(26)9-10-20(21)23-29-28-22(32(23)25)15-18-7-4-3-5-8-18/h3-5,7-10,16-17H,6,11-15H2,1-2H3. The number of anilines is 1. The van der Waals surface area contributed by atoms with Gasteiger partial charge in [0.25, 0.3) is 0 Å². The van der Waals surface area contributed by atoms with Gasteiger partial charge in [0.15, 0.2) is 5.65 Å². The van der Waals surface area contributed by atoms with Gasteiger partial charge in [0.05, 0.1) is 5.52 Å². The van der Waals surface area contributed by atoms with Crippen LogP contribution < -0.4 is 4.90 Å². The highest BCUT2D eigenvalue weighted by molar-refractivity contribution is 6.31. The zero-order valence-corrected chi connectivity index (χ0v) is 19.7. The molecule has 0 bridgehead atoms. The van der Waals surface area contributed by atoms with E-state index >= 15 is 0 Å². The maximum atomic E-state index is 12.6. The van der Waals surface area contributed by atoms with Crippen molar-refractivity contribution >= 4 is 40.0 Å². The quantitative estimate of drug-likeness (QED) is 0.454. The van der Waals surface area contributed by atoms with Crippen LogP contribution in [0.1, 0.15) is 31.7 Å². The molecule has 1 fully saturated rings. The van der Waals surface area contributed by atoms with Gasteiger partial charge < -0.3 is 9.80 Å². The number of amides is 1. The summed E-state index contributed by atoms with van der Waals surface area (Å²) in [7, 11) is 0. The Hall–Kier alpha value is -3.19. The van der Waals surface area contributed by atoms with Crippen molar-refractivity contribution in [3.63, 3.8) is 0 Å². The molecular weight excluding hydrogens is 436 g/mol. The van der Waals surface area contributed by atoms with Crippen LogP contribution in [0.4, 0.5) is 5.95 Å². The topological polar surface area (TPSA) is 66.6 Å². The second kappa shape index (κ2) is 8.98. The summed E-state index contributed by atoms with van der Waals surface area (Å²) in [5, 5.41) is 10.7. The molecule has 0 atom stereocenters. The molecule has 5 rings (SSSR count). The maximum absolute atomic E-state index is 12.6. The summed E-state index contributed by atoms with van der Waals surface area (Å²) in [5.41, 5.74) is 2.73. The van der Waals surface area contributed by atoms with Gasteiger partial charge in [0, 0.05) is 48.9 Å². The molecule has 0 N–H and O–H groups in total. The van der Waals surface area contributed by atoms with Gasteiger partial charge in [-0.15, -0.1) is 10.2 Å². The Labute approximate surface area is 198 Å². The number of nitrogens with zero attached hydrogens (tertiary/aromatic N) is 6. The molecule has 1 aliphatic rings. The number of rotatable bonds is 4.